The Morgan fingerprint density at radius 3 is 2.54 bits per heavy atom. The van der Waals surface area contributed by atoms with E-state index in [-0.39, 0.29) is 17.9 Å². The Hall–Kier alpha value is -3.22. The molecule has 0 amide bonds. The maximum absolute atomic E-state index is 13.2. The Morgan fingerprint density at radius 1 is 1.17 bits per heavy atom. The first kappa shape index (κ1) is 15.7. The molecule has 24 heavy (non-hydrogen) atoms. The van der Waals surface area contributed by atoms with Crippen LogP contribution in [0.3, 0.4) is 0 Å². The van der Waals surface area contributed by atoms with Crippen molar-refractivity contribution in [3.05, 3.63) is 87.7 Å². The van der Waals surface area contributed by atoms with Crippen molar-refractivity contribution in [1.29, 1.82) is 0 Å². The molecule has 0 aliphatic heterocycles. The fraction of sp³-hybridized carbons (Fsp3) is 0.118. The number of nitrogens with zero attached hydrogens (tertiary/aromatic N) is 2. The Labute approximate surface area is 135 Å². The van der Waals surface area contributed by atoms with Crippen LogP contribution in [0.5, 0.6) is 0 Å². The number of hydrogen-bond acceptors (Lipinski definition) is 4. The number of hydrogen-bond donors (Lipinski definition) is 1. The van der Waals surface area contributed by atoms with Gasteiger partial charge in [0.2, 0.25) is 5.76 Å². The van der Waals surface area contributed by atoms with Crippen LogP contribution < -0.4 is 5.56 Å². The van der Waals surface area contributed by atoms with Crippen molar-refractivity contribution in [3.63, 3.8) is 0 Å². The van der Waals surface area contributed by atoms with Crippen molar-refractivity contribution in [3.8, 4) is 0 Å². The molecule has 0 bridgehead atoms. The van der Waals surface area contributed by atoms with Gasteiger partial charge in [-0.25, -0.2) is 14.2 Å². The van der Waals surface area contributed by atoms with Crippen LogP contribution in [0.2, 0.25) is 0 Å². The zero-order chi connectivity index (χ0) is 17.1. The van der Waals surface area contributed by atoms with Crippen LogP contribution in [0.4, 0.5) is 4.39 Å². The summed E-state index contributed by atoms with van der Waals surface area (Å²) in [6.45, 7) is 0.263. The first-order valence-corrected chi connectivity index (χ1v) is 7.13. The normalized spacial score (nSPS) is 10.7. The highest BCUT2D eigenvalue weighted by Crippen LogP contribution is 2.12. The average molecular weight is 328 g/mol. The van der Waals surface area contributed by atoms with Gasteiger partial charge >= 0.3 is 5.97 Å². The van der Waals surface area contributed by atoms with Crippen LogP contribution in [0, 0.1) is 5.82 Å². The van der Waals surface area contributed by atoms with E-state index in [1.807, 2.05) is 24.3 Å². The molecule has 1 N–H and O–H groups in total. The fourth-order valence-corrected chi connectivity index (χ4v) is 2.25. The molecule has 0 atom stereocenters. The van der Waals surface area contributed by atoms with E-state index in [2.05, 4.69) is 4.98 Å². The monoisotopic (exact) mass is 328 g/mol. The first-order chi connectivity index (χ1) is 11.5. The molecule has 0 aliphatic carbocycles. The summed E-state index contributed by atoms with van der Waals surface area (Å²) in [5.74, 6) is -1.53. The van der Waals surface area contributed by atoms with Crippen LogP contribution in [-0.4, -0.2) is 20.6 Å². The van der Waals surface area contributed by atoms with Crippen molar-refractivity contribution in [2.75, 3.05) is 0 Å². The van der Waals surface area contributed by atoms with Gasteiger partial charge in [-0.3, -0.25) is 4.79 Å². The number of carboxylic acids is 1. The maximum atomic E-state index is 13.2. The smallest absolute Gasteiger partial charge is 0.373 e. The van der Waals surface area contributed by atoms with E-state index in [9.17, 15) is 14.0 Å². The van der Waals surface area contributed by atoms with Gasteiger partial charge in [-0.1, -0.05) is 24.3 Å². The number of pyridine rings is 1. The highest BCUT2D eigenvalue weighted by Gasteiger charge is 2.10. The van der Waals surface area contributed by atoms with E-state index in [1.54, 1.807) is 0 Å². The third kappa shape index (κ3) is 3.57. The molecular weight excluding hydrogens is 315 g/mol. The summed E-state index contributed by atoms with van der Waals surface area (Å²) < 4.78 is 19.6. The molecule has 0 saturated carbocycles. The molecule has 7 heteroatoms. The van der Waals surface area contributed by atoms with Crippen molar-refractivity contribution < 1.29 is 18.7 Å². The van der Waals surface area contributed by atoms with Crippen LogP contribution in [0.25, 0.3) is 0 Å². The van der Waals surface area contributed by atoms with Gasteiger partial charge in [0.05, 0.1) is 12.7 Å². The van der Waals surface area contributed by atoms with Crippen LogP contribution >= 0.6 is 0 Å². The summed E-state index contributed by atoms with van der Waals surface area (Å²) in [6.07, 6.45) is 2.69. The largest absolute Gasteiger partial charge is 0.475 e. The summed E-state index contributed by atoms with van der Waals surface area (Å²) >= 11 is 0. The van der Waals surface area contributed by atoms with Gasteiger partial charge in [0, 0.05) is 18.7 Å². The average Bonchev–Trinajstić information content (AvgIpc) is 3.02. The highest BCUT2D eigenvalue weighted by atomic mass is 19.1. The molecule has 0 aliphatic rings. The minimum atomic E-state index is -1.16. The van der Waals surface area contributed by atoms with Gasteiger partial charge in [-0.05, 0) is 17.2 Å². The molecule has 0 unspecified atom stereocenters. The summed E-state index contributed by atoms with van der Waals surface area (Å²) in [4.78, 5) is 26.3. The van der Waals surface area contributed by atoms with Gasteiger partial charge in [-0.15, -0.1) is 0 Å². The second-order valence-electron chi connectivity index (χ2n) is 5.23. The Bertz CT molecular complexity index is 928. The molecule has 3 rings (SSSR count). The zero-order valence-electron chi connectivity index (χ0n) is 12.5. The SMILES string of the molecule is O=C(O)c1cnc(Cc2ccc(Cn3cc(F)ccc3=O)cc2)o1. The number of aromatic carboxylic acids is 1. The summed E-state index contributed by atoms with van der Waals surface area (Å²) in [7, 11) is 0. The first-order valence-electron chi connectivity index (χ1n) is 7.13. The number of carbonyl (C=O) groups is 1. The van der Waals surface area contributed by atoms with Crippen molar-refractivity contribution in [1.82, 2.24) is 9.55 Å². The third-order valence-corrected chi connectivity index (χ3v) is 3.44. The van der Waals surface area contributed by atoms with E-state index in [0.717, 1.165) is 23.4 Å². The minimum absolute atomic E-state index is 0.202. The molecule has 6 nitrogen and oxygen atoms in total. The van der Waals surface area contributed by atoms with Crippen molar-refractivity contribution >= 4 is 5.97 Å². The van der Waals surface area contributed by atoms with Gasteiger partial charge in [-0.2, -0.15) is 0 Å². The molecular formula is C17H13FN2O4. The molecule has 2 aromatic heterocycles. The topological polar surface area (TPSA) is 85.3 Å². The standard InChI is InChI=1S/C17H13FN2O4/c18-13-5-6-16(21)20(10-13)9-12-3-1-11(2-4-12)7-15-19-8-14(24-15)17(22)23/h1-6,8,10H,7,9H2,(H,22,23). The predicted molar refractivity (Wildman–Crippen MR) is 82.5 cm³/mol. The molecule has 2 heterocycles. The van der Waals surface area contributed by atoms with Gasteiger partial charge in [0.25, 0.3) is 5.56 Å². The summed E-state index contributed by atoms with van der Waals surface area (Å²) in [5.41, 5.74) is 1.44. The van der Waals surface area contributed by atoms with Crippen molar-refractivity contribution in [2.45, 2.75) is 13.0 Å². The Balaban J connectivity index is 1.72. The predicted octanol–water partition coefficient (Wildman–Crippen LogP) is 2.31. The van der Waals surface area contributed by atoms with E-state index in [0.29, 0.717) is 12.3 Å². The third-order valence-electron chi connectivity index (χ3n) is 3.44. The molecule has 122 valence electrons. The van der Waals surface area contributed by atoms with E-state index < -0.39 is 11.8 Å². The zero-order valence-corrected chi connectivity index (χ0v) is 12.5. The molecule has 0 spiro atoms. The lowest BCUT2D eigenvalue weighted by Crippen LogP contribution is -2.19. The van der Waals surface area contributed by atoms with Gasteiger partial charge in [0.1, 0.15) is 5.82 Å². The number of carboxylic acid groups (broad SMARTS) is 1. The second kappa shape index (κ2) is 6.49. The summed E-state index contributed by atoms with van der Waals surface area (Å²) in [6, 6.07) is 9.59. The molecule has 1 aromatic carbocycles. The lowest BCUT2D eigenvalue weighted by Gasteiger charge is -2.06. The lowest BCUT2D eigenvalue weighted by atomic mass is 10.1. The van der Waals surface area contributed by atoms with Crippen LogP contribution in [-0.2, 0) is 13.0 Å². The van der Waals surface area contributed by atoms with Gasteiger partial charge in [0.15, 0.2) is 5.89 Å². The van der Waals surface area contributed by atoms with E-state index in [1.165, 1.54) is 16.8 Å². The number of aromatic nitrogens is 2. The second-order valence-corrected chi connectivity index (χ2v) is 5.23. The minimum Gasteiger partial charge on any atom is -0.475 e. The molecule has 3 aromatic rings. The van der Waals surface area contributed by atoms with E-state index >= 15 is 0 Å². The Kier molecular flexibility index (Phi) is 4.24. The molecule has 0 fully saturated rings. The summed E-state index contributed by atoms with van der Waals surface area (Å²) in [5, 5.41) is 8.79. The van der Waals surface area contributed by atoms with Crippen LogP contribution in [0.1, 0.15) is 27.6 Å². The number of halogens is 1. The quantitative estimate of drug-likeness (QED) is 0.777. The number of benzene rings is 1. The van der Waals surface area contributed by atoms with Gasteiger partial charge < -0.3 is 14.1 Å². The highest BCUT2D eigenvalue weighted by molar-refractivity contribution is 5.83. The molecule has 0 radical (unpaired) electrons. The van der Waals surface area contributed by atoms with Crippen molar-refractivity contribution in [2.24, 2.45) is 0 Å². The van der Waals surface area contributed by atoms with Crippen LogP contribution in [0.15, 0.2) is 58.0 Å². The molecule has 0 saturated heterocycles. The number of rotatable bonds is 5. The number of oxazole rings is 1. The fourth-order valence-electron chi connectivity index (χ4n) is 2.25. The maximum Gasteiger partial charge on any atom is 0.373 e. The Morgan fingerprint density at radius 2 is 1.88 bits per heavy atom. The lowest BCUT2D eigenvalue weighted by molar-refractivity contribution is 0.0660. The van der Waals surface area contributed by atoms with E-state index in [4.69, 9.17) is 9.52 Å².